The van der Waals surface area contributed by atoms with Gasteiger partial charge in [-0.25, -0.2) is 4.79 Å². The molecule has 4 nitrogen and oxygen atoms in total. The van der Waals surface area contributed by atoms with Gasteiger partial charge >= 0.3 is 5.97 Å². The smallest absolute Gasteiger partial charge is 0.335 e. The van der Waals surface area contributed by atoms with Crippen molar-refractivity contribution in [2.75, 3.05) is 0 Å². The molecule has 0 radical (unpaired) electrons. The van der Waals surface area contributed by atoms with Crippen LogP contribution in [0.5, 0.6) is 0 Å². The maximum atomic E-state index is 11.8. The van der Waals surface area contributed by atoms with Gasteiger partial charge in [0, 0.05) is 11.6 Å². The van der Waals surface area contributed by atoms with Gasteiger partial charge in [-0.3, -0.25) is 4.79 Å². The minimum atomic E-state index is -0.986. The summed E-state index contributed by atoms with van der Waals surface area (Å²) < 4.78 is 0. The standard InChI is InChI=1S/C13H15NO3/c1-13(2)7-10(13)14-11(15)8-3-5-9(6-4-8)12(16)17/h3-6,10H,7H2,1-2H3,(H,14,15)(H,16,17). The van der Waals surface area contributed by atoms with Crippen LogP contribution in [0.15, 0.2) is 24.3 Å². The highest BCUT2D eigenvalue weighted by atomic mass is 16.4. The first kappa shape index (κ1) is 11.6. The molecule has 1 aliphatic carbocycles. The number of carboxylic acid groups (broad SMARTS) is 1. The Hall–Kier alpha value is -1.84. The van der Waals surface area contributed by atoms with Crippen LogP contribution in [0.2, 0.25) is 0 Å². The predicted molar refractivity (Wildman–Crippen MR) is 63.1 cm³/mol. The molecule has 1 fully saturated rings. The van der Waals surface area contributed by atoms with Crippen molar-refractivity contribution in [1.29, 1.82) is 0 Å². The fraction of sp³-hybridized carbons (Fsp3) is 0.385. The normalized spacial score (nSPS) is 20.7. The van der Waals surface area contributed by atoms with Crippen molar-refractivity contribution in [2.45, 2.75) is 26.3 Å². The van der Waals surface area contributed by atoms with Gasteiger partial charge in [-0.05, 0) is 36.1 Å². The maximum absolute atomic E-state index is 11.8. The van der Waals surface area contributed by atoms with Crippen molar-refractivity contribution >= 4 is 11.9 Å². The first-order valence-corrected chi connectivity index (χ1v) is 5.54. The second-order valence-electron chi connectivity index (χ2n) is 5.10. The molecule has 1 atom stereocenters. The van der Waals surface area contributed by atoms with Gasteiger partial charge in [0.2, 0.25) is 0 Å². The molecule has 0 bridgehead atoms. The van der Waals surface area contributed by atoms with E-state index in [0.717, 1.165) is 6.42 Å². The van der Waals surface area contributed by atoms with Crippen LogP contribution < -0.4 is 5.32 Å². The quantitative estimate of drug-likeness (QED) is 0.838. The molecule has 0 spiro atoms. The number of carboxylic acids is 1. The lowest BCUT2D eigenvalue weighted by molar-refractivity contribution is 0.0696. The van der Waals surface area contributed by atoms with Crippen LogP contribution >= 0.6 is 0 Å². The highest BCUT2D eigenvalue weighted by molar-refractivity contribution is 5.96. The summed E-state index contributed by atoms with van der Waals surface area (Å²) in [7, 11) is 0. The Labute approximate surface area is 99.6 Å². The molecule has 1 saturated carbocycles. The van der Waals surface area contributed by atoms with E-state index in [1.807, 2.05) is 0 Å². The molecule has 4 heteroatoms. The van der Waals surface area contributed by atoms with Crippen LogP contribution in [0.3, 0.4) is 0 Å². The van der Waals surface area contributed by atoms with Gasteiger partial charge in [-0.2, -0.15) is 0 Å². The first-order valence-electron chi connectivity index (χ1n) is 5.54. The van der Waals surface area contributed by atoms with Gasteiger partial charge in [0.25, 0.3) is 5.91 Å². The van der Waals surface area contributed by atoms with Crippen molar-refractivity contribution in [2.24, 2.45) is 5.41 Å². The van der Waals surface area contributed by atoms with E-state index in [0.29, 0.717) is 5.56 Å². The molecule has 0 aliphatic heterocycles. The predicted octanol–water partition coefficient (Wildman–Crippen LogP) is 1.91. The fourth-order valence-electron chi connectivity index (χ4n) is 1.72. The van der Waals surface area contributed by atoms with Crippen LogP contribution in [0.25, 0.3) is 0 Å². The third kappa shape index (κ3) is 2.46. The Balaban J connectivity index is 2.02. The molecular formula is C13H15NO3. The second-order valence-corrected chi connectivity index (χ2v) is 5.10. The van der Waals surface area contributed by atoms with E-state index in [4.69, 9.17) is 5.11 Å². The molecule has 1 aromatic rings. The Kier molecular flexibility index (Phi) is 2.65. The van der Waals surface area contributed by atoms with Gasteiger partial charge in [0.05, 0.1) is 5.56 Å². The van der Waals surface area contributed by atoms with Crippen LogP contribution in [0.4, 0.5) is 0 Å². The zero-order chi connectivity index (χ0) is 12.6. The van der Waals surface area contributed by atoms with Crippen molar-refractivity contribution in [3.05, 3.63) is 35.4 Å². The van der Waals surface area contributed by atoms with Gasteiger partial charge in [0.1, 0.15) is 0 Å². The monoisotopic (exact) mass is 233 g/mol. The van der Waals surface area contributed by atoms with Crippen molar-refractivity contribution in [1.82, 2.24) is 5.32 Å². The third-order valence-corrected chi connectivity index (χ3v) is 3.21. The number of hydrogen-bond acceptors (Lipinski definition) is 2. The zero-order valence-corrected chi connectivity index (χ0v) is 9.86. The van der Waals surface area contributed by atoms with E-state index >= 15 is 0 Å². The average Bonchev–Trinajstić information content (AvgIpc) is 2.86. The van der Waals surface area contributed by atoms with Crippen molar-refractivity contribution in [3.63, 3.8) is 0 Å². The number of carbonyl (C=O) groups excluding carboxylic acids is 1. The first-order chi connectivity index (χ1) is 7.90. The zero-order valence-electron chi connectivity index (χ0n) is 9.86. The molecule has 90 valence electrons. The minimum absolute atomic E-state index is 0.141. The van der Waals surface area contributed by atoms with Gasteiger partial charge < -0.3 is 10.4 Å². The SMILES string of the molecule is CC1(C)CC1NC(=O)c1ccc(C(=O)O)cc1. The molecule has 2 N–H and O–H groups in total. The summed E-state index contributed by atoms with van der Waals surface area (Å²) in [5.41, 5.74) is 0.877. The third-order valence-electron chi connectivity index (χ3n) is 3.21. The topological polar surface area (TPSA) is 66.4 Å². The maximum Gasteiger partial charge on any atom is 0.335 e. The van der Waals surface area contributed by atoms with Gasteiger partial charge in [0.15, 0.2) is 0 Å². The molecule has 0 heterocycles. The summed E-state index contributed by atoms with van der Waals surface area (Å²) in [6.07, 6.45) is 0.992. The summed E-state index contributed by atoms with van der Waals surface area (Å²) in [6.45, 7) is 4.21. The van der Waals surface area contributed by atoms with Gasteiger partial charge in [-0.1, -0.05) is 13.8 Å². The highest BCUT2D eigenvalue weighted by Gasteiger charge is 2.46. The Morgan fingerprint density at radius 3 is 2.12 bits per heavy atom. The molecule has 1 aliphatic rings. The Morgan fingerprint density at radius 2 is 1.71 bits per heavy atom. The van der Waals surface area contributed by atoms with Crippen molar-refractivity contribution in [3.8, 4) is 0 Å². The number of aromatic carboxylic acids is 1. The highest BCUT2D eigenvalue weighted by Crippen LogP contribution is 2.44. The van der Waals surface area contributed by atoms with Crippen molar-refractivity contribution < 1.29 is 14.7 Å². The molecule has 0 saturated heterocycles. The van der Waals surface area contributed by atoms with Crippen LogP contribution in [-0.2, 0) is 0 Å². The van der Waals surface area contributed by atoms with E-state index in [-0.39, 0.29) is 22.9 Å². The Bertz CT molecular complexity index is 462. The summed E-state index contributed by atoms with van der Waals surface area (Å²) in [5.74, 6) is -1.13. The largest absolute Gasteiger partial charge is 0.478 e. The van der Waals surface area contributed by atoms with E-state index in [1.54, 1.807) is 0 Å². The number of nitrogens with one attached hydrogen (secondary N) is 1. The lowest BCUT2D eigenvalue weighted by Crippen LogP contribution is -2.28. The molecule has 2 rings (SSSR count). The minimum Gasteiger partial charge on any atom is -0.478 e. The van der Waals surface area contributed by atoms with Gasteiger partial charge in [-0.15, -0.1) is 0 Å². The molecule has 17 heavy (non-hydrogen) atoms. The number of hydrogen-bond donors (Lipinski definition) is 2. The number of carbonyl (C=O) groups is 2. The van der Waals surface area contributed by atoms with Crippen LogP contribution in [0.1, 0.15) is 41.0 Å². The second kappa shape index (κ2) is 3.87. The number of rotatable bonds is 3. The van der Waals surface area contributed by atoms with Crippen LogP contribution in [0, 0.1) is 5.41 Å². The molecule has 0 aromatic heterocycles. The van der Waals surface area contributed by atoms with Crippen LogP contribution in [-0.4, -0.2) is 23.0 Å². The fourth-order valence-corrected chi connectivity index (χ4v) is 1.72. The van der Waals surface area contributed by atoms with E-state index in [2.05, 4.69) is 19.2 Å². The Morgan fingerprint density at radius 1 is 1.24 bits per heavy atom. The van der Waals surface area contributed by atoms with E-state index < -0.39 is 5.97 Å². The van der Waals surface area contributed by atoms with E-state index in [9.17, 15) is 9.59 Å². The summed E-state index contributed by atoms with van der Waals surface area (Å²) >= 11 is 0. The average molecular weight is 233 g/mol. The number of amides is 1. The molecule has 1 amide bonds. The summed E-state index contributed by atoms with van der Waals surface area (Å²) in [4.78, 5) is 22.5. The van der Waals surface area contributed by atoms with E-state index in [1.165, 1.54) is 24.3 Å². The lowest BCUT2D eigenvalue weighted by atomic mass is 10.1. The molecule has 1 unspecified atom stereocenters. The number of benzene rings is 1. The molecular weight excluding hydrogens is 218 g/mol. The summed E-state index contributed by atoms with van der Waals surface area (Å²) in [5, 5.41) is 11.7. The summed E-state index contributed by atoms with van der Waals surface area (Å²) in [6, 6.07) is 6.18. The molecule has 1 aromatic carbocycles. The lowest BCUT2D eigenvalue weighted by Gasteiger charge is -2.06.